The molecule has 1 N–H and O–H groups in total. The largest absolute Gasteiger partial charge is 0.497 e. The number of methoxy groups -OCH3 is 1. The summed E-state index contributed by atoms with van der Waals surface area (Å²) < 4.78 is 33.8. The van der Waals surface area contributed by atoms with E-state index in [1.807, 2.05) is 31.2 Å². The highest BCUT2D eigenvalue weighted by atomic mass is 35.5. The molecule has 3 rings (SSSR count). The lowest BCUT2D eigenvalue weighted by Gasteiger charge is -2.32. The molecule has 8 nitrogen and oxygen atoms in total. The number of nitrogens with one attached hydrogen (secondary N) is 1. The van der Waals surface area contributed by atoms with Crippen LogP contribution >= 0.6 is 11.6 Å². The predicted octanol–water partition coefficient (Wildman–Crippen LogP) is 4.41. The molecular formula is C28H32ClN3O5S. The van der Waals surface area contributed by atoms with E-state index in [4.69, 9.17) is 16.3 Å². The molecule has 0 aliphatic rings. The number of nitrogens with zero attached hydrogens (tertiary/aromatic N) is 2. The summed E-state index contributed by atoms with van der Waals surface area (Å²) >= 11 is 6.19. The zero-order chi connectivity index (χ0) is 27.9. The molecule has 0 aromatic heterocycles. The molecule has 0 aliphatic carbocycles. The van der Waals surface area contributed by atoms with E-state index in [0.29, 0.717) is 17.3 Å². The van der Waals surface area contributed by atoms with Crippen LogP contribution in [0.5, 0.6) is 5.75 Å². The number of amides is 2. The van der Waals surface area contributed by atoms with Crippen LogP contribution < -0.4 is 14.4 Å². The van der Waals surface area contributed by atoms with Crippen molar-refractivity contribution in [3.63, 3.8) is 0 Å². The Labute approximate surface area is 229 Å². The smallest absolute Gasteiger partial charge is 0.264 e. The van der Waals surface area contributed by atoms with E-state index in [9.17, 15) is 18.0 Å². The average molecular weight is 558 g/mol. The quantitative estimate of drug-likeness (QED) is 0.377. The van der Waals surface area contributed by atoms with Gasteiger partial charge in [0.25, 0.3) is 10.0 Å². The summed E-state index contributed by atoms with van der Waals surface area (Å²) in [6.45, 7) is 5.34. The van der Waals surface area contributed by atoms with E-state index in [-0.39, 0.29) is 23.0 Å². The van der Waals surface area contributed by atoms with Gasteiger partial charge in [-0.3, -0.25) is 13.9 Å². The maximum Gasteiger partial charge on any atom is 0.264 e. The number of carbonyl (C=O) groups excluding carboxylic acids is 2. The molecule has 0 spiro atoms. The highest BCUT2D eigenvalue weighted by Crippen LogP contribution is 2.28. The molecule has 0 fully saturated rings. The summed E-state index contributed by atoms with van der Waals surface area (Å²) in [7, 11) is -2.70. The van der Waals surface area contributed by atoms with Crippen molar-refractivity contribution >= 4 is 39.1 Å². The molecule has 1 atom stereocenters. The second-order valence-corrected chi connectivity index (χ2v) is 11.0. The molecule has 0 saturated heterocycles. The maximum absolute atomic E-state index is 13.8. The fourth-order valence-corrected chi connectivity index (χ4v) is 5.54. The number of sulfonamides is 1. The van der Waals surface area contributed by atoms with Crippen molar-refractivity contribution in [3.8, 4) is 5.75 Å². The maximum atomic E-state index is 13.8. The molecule has 38 heavy (non-hydrogen) atoms. The fraction of sp³-hybridized carbons (Fsp3) is 0.286. The summed E-state index contributed by atoms with van der Waals surface area (Å²) in [6.07, 6.45) is 0. The molecule has 0 saturated carbocycles. The number of carbonyl (C=O) groups is 2. The Morgan fingerprint density at radius 3 is 2.32 bits per heavy atom. The Balaban J connectivity index is 2.03. The van der Waals surface area contributed by atoms with E-state index < -0.39 is 28.5 Å². The van der Waals surface area contributed by atoms with Crippen LogP contribution in [0.3, 0.4) is 0 Å². The molecule has 0 aliphatic heterocycles. The third kappa shape index (κ3) is 7.05. The lowest BCUT2D eigenvalue weighted by Crippen LogP contribution is -2.51. The lowest BCUT2D eigenvalue weighted by molar-refractivity contribution is -0.139. The Morgan fingerprint density at radius 2 is 1.71 bits per heavy atom. The molecule has 3 aromatic carbocycles. The first kappa shape index (κ1) is 29.0. The molecule has 10 heteroatoms. The van der Waals surface area contributed by atoms with Gasteiger partial charge in [-0.2, -0.15) is 0 Å². The third-order valence-corrected chi connectivity index (χ3v) is 8.00. The number of benzene rings is 3. The summed E-state index contributed by atoms with van der Waals surface area (Å²) in [5, 5.41) is 3.06. The summed E-state index contributed by atoms with van der Waals surface area (Å²) in [5.74, 6) is -0.377. The van der Waals surface area contributed by atoms with Gasteiger partial charge >= 0.3 is 0 Å². The Kier molecular flexibility index (Phi) is 9.77. The number of rotatable bonds is 11. The predicted molar refractivity (Wildman–Crippen MR) is 149 cm³/mol. The highest BCUT2D eigenvalue weighted by molar-refractivity contribution is 7.92. The minimum absolute atomic E-state index is 0.0203. The van der Waals surface area contributed by atoms with Crippen molar-refractivity contribution in [3.05, 3.63) is 88.9 Å². The van der Waals surface area contributed by atoms with Gasteiger partial charge < -0.3 is 15.0 Å². The number of hydrogen-bond acceptors (Lipinski definition) is 5. The standard InChI is InChI=1S/C28H32ClN3O5S/c1-5-30-28(34)21(3)31(18-22-9-6-8-20(2)16-22)27(33)19-32(24-11-7-10-23(29)17-24)38(35,36)26-14-12-25(37-4)13-15-26/h6-17,21H,5,18-19H2,1-4H3,(H,30,34). The molecule has 2 amide bonds. The Bertz CT molecular complexity index is 1380. The van der Waals surface area contributed by atoms with Crippen LogP contribution in [0.15, 0.2) is 77.7 Å². The van der Waals surface area contributed by atoms with Crippen molar-refractivity contribution in [2.45, 2.75) is 38.3 Å². The summed E-state index contributed by atoms with van der Waals surface area (Å²) in [4.78, 5) is 27.9. The van der Waals surface area contributed by atoms with Crippen molar-refractivity contribution in [2.75, 3.05) is 24.5 Å². The van der Waals surface area contributed by atoms with Crippen LogP contribution in [0, 0.1) is 6.92 Å². The molecule has 1 unspecified atom stereocenters. The van der Waals surface area contributed by atoms with Crippen LogP contribution in [0.25, 0.3) is 0 Å². The van der Waals surface area contributed by atoms with Crippen LogP contribution in [0.4, 0.5) is 5.69 Å². The van der Waals surface area contributed by atoms with Crippen molar-refractivity contribution in [2.24, 2.45) is 0 Å². The average Bonchev–Trinajstić information content (AvgIpc) is 2.90. The lowest BCUT2D eigenvalue weighted by atomic mass is 10.1. The zero-order valence-electron chi connectivity index (χ0n) is 21.8. The van der Waals surface area contributed by atoms with Gasteiger partial charge in [-0.15, -0.1) is 0 Å². The molecular weight excluding hydrogens is 526 g/mol. The number of hydrogen-bond donors (Lipinski definition) is 1. The van der Waals surface area contributed by atoms with Gasteiger partial charge in [0, 0.05) is 18.1 Å². The third-order valence-electron chi connectivity index (χ3n) is 5.98. The van der Waals surface area contributed by atoms with E-state index in [0.717, 1.165) is 15.4 Å². The van der Waals surface area contributed by atoms with Gasteiger partial charge in [0.05, 0.1) is 17.7 Å². The SMILES string of the molecule is CCNC(=O)C(C)N(Cc1cccc(C)c1)C(=O)CN(c1cccc(Cl)c1)S(=O)(=O)c1ccc(OC)cc1. The van der Waals surface area contributed by atoms with Gasteiger partial charge in [0.1, 0.15) is 18.3 Å². The minimum atomic E-state index is -4.19. The van der Waals surface area contributed by atoms with Crippen LogP contribution in [0.1, 0.15) is 25.0 Å². The fourth-order valence-electron chi connectivity index (χ4n) is 3.95. The minimum Gasteiger partial charge on any atom is -0.497 e. The number of anilines is 1. The molecule has 0 radical (unpaired) electrons. The first-order chi connectivity index (χ1) is 18.1. The van der Waals surface area contributed by atoms with Crippen molar-refractivity contribution in [1.29, 1.82) is 0 Å². The van der Waals surface area contributed by atoms with Crippen molar-refractivity contribution < 1.29 is 22.7 Å². The number of aryl methyl sites for hydroxylation is 1. The van der Waals surface area contributed by atoms with Gasteiger partial charge in [-0.1, -0.05) is 47.5 Å². The van der Waals surface area contributed by atoms with E-state index in [2.05, 4.69) is 5.32 Å². The molecule has 3 aromatic rings. The van der Waals surface area contributed by atoms with Gasteiger partial charge in [0.2, 0.25) is 11.8 Å². The monoisotopic (exact) mass is 557 g/mol. The van der Waals surface area contributed by atoms with Crippen LogP contribution in [-0.2, 0) is 26.2 Å². The van der Waals surface area contributed by atoms with E-state index >= 15 is 0 Å². The van der Waals surface area contributed by atoms with Gasteiger partial charge in [-0.05, 0) is 68.8 Å². The Morgan fingerprint density at radius 1 is 1.03 bits per heavy atom. The number of halogens is 1. The van der Waals surface area contributed by atoms with E-state index in [1.165, 1.54) is 42.3 Å². The molecule has 0 bridgehead atoms. The van der Waals surface area contributed by atoms with E-state index in [1.54, 1.807) is 32.0 Å². The van der Waals surface area contributed by atoms with Crippen LogP contribution in [-0.4, -0.2) is 51.4 Å². The molecule has 0 heterocycles. The highest BCUT2D eigenvalue weighted by Gasteiger charge is 2.32. The second-order valence-electron chi connectivity index (χ2n) is 8.75. The molecule has 202 valence electrons. The second kappa shape index (κ2) is 12.8. The Hall–Kier alpha value is -3.56. The van der Waals surface area contributed by atoms with Gasteiger partial charge in [0.15, 0.2) is 0 Å². The van der Waals surface area contributed by atoms with Crippen LogP contribution in [0.2, 0.25) is 5.02 Å². The number of ether oxygens (including phenoxy) is 1. The van der Waals surface area contributed by atoms with Gasteiger partial charge in [-0.25, -0.2) is 8.42 Å². The summed E-state index contributed by atoms with van der Waals surface area (Å²) in [5.41, 5.74) is 2.05. The van der Waals surface area contributed by atoms with Crippen molar-refractivity contribution in [1.82, 2.24) is 10.2 Å². The number of likely N-dealkylation sites (N-methyl/N-ethyl adjacent to an activating group) is 1. The first-order valence-electron chi connectivity index (χ1n) is 12.1. The topological polar surface area (TPSA) is 96.0 Å². The normalized spacial score (nSPS) is 11.9. The zero-order valence-corrected chi connectivity index (χ0v) is 23.4. The summed E-state index contributed by atoms with van der Waals surface area (Å²) in [6, 6.07) is 18.9. The first-order valence-corrected chi connectivity index (χ1v) is 13.9.